The first kappa shape index (κ1) is 14.4. The van der Waals surface area contributed by atoms with Crippen LogP contribution in [0.15, 0.2) is 18.2 Å². The van der Waals surface area contributed by atoms with Gasteiger partial charge in [0.2, 0.25) is 0 Å². The van der Waals surface area contributed by atoms with Gasteiger partial charge in [-0.25, -0.2) is 0 Å². The van der Waals surface area contributed by atoms with Crippen LogP contribution in [0.4, 0.5) is 0 Å². The van der Waals surface area contributed by atoms with E-state index in [4.69, 9.17) is 11.6 Å². The van der Waals surface area contributed by atoms with Crippen LogP contribution in [0.2, 0.25) is 0 Å². The van der Waals surface area contributed by atoms with E-state index in [1.165, 1.54) is 18.4 Å². The monoisotopic (exact) mass is 279 g/mol. The van der Waals surface area contributed by atoms with Gasteiger partial charge < -0.3 is 5.32 Å². The molecule has 1 aromatic carbocycles. The molecule has 2 rings (SSSR count). The molecular weight excluding hydrogens is 258 g/mol. The van der Waals surface area contributed by atoms with E-state index >= 15 is 0 Å². The molecule has 2 atom stereocenters. The van der Waals surface area contributed by atoms with Crippen LogP contribution in [0.1, 0.15) is 47.2 Å². The average molecular weight is 280 g/mol. The molecule has 1 aliphatic rings. The Morgan fingerprint density at radius 3 is 2.79 bits per heavy atom. The minimum absolute atomic E-state index is 0.0276. The third kappa shape index (κ3) is 3.97. The summed E-state index contributed by atoms with van der Waals surface area (Å²) in [6.07, 6.45) is 4.49. The number of hydrogen-bond donors (Lipinski definition) is 1. The van der Waals surface area contributed by atoms with Crippen molar-refractivity contribution in [2.75, 3.05) is 6.54 Å². The first-order chi connectivity index (χ1) is 9.06. The van der Waals surface area contributed by atoms with E-state index < -0.39 is 0 Å². The van der Waals surface area contributed by atoms with Gasteiger partial charge in [-0.15, -0.1) is 11.6 Å². The highest BCUT2D eigenvalue weighted by Crippen LogP contribution is 2.27. The van der Waals surface area contributed by atoms with Gasteiger partial charge >= 0.3 is 0 Å². The van der Waals surface area contributed by atoms with Crippen molar-refractivity contribution in [2.24, 2.45) is 5.92 Å². The Kier molecular flexibility index (Phi) is 4.87. The highest BCUT2D eigenvalue weighted by molar-refractivity contribution is 6.20. The zero-order valence-corrected chi connectivity index (χ0v) is 12.5. The highest BCUT2D eigenvalue weighted by atomic mass is 35.5. The zero-order valence-electron chi connectivity index (χ0n) is 11.7. The van der Waals surface area contributed by atoms with E-state index in [9.17, 15) is 4.79 Å². The third-order valence-corrected chi connectivity index (χ3v) is 4.44. The van der Waals surface area contributed by atoms with Crippen LogP contribution in [-0.2, 0) is 0 Å². The maximum atomic E-state index is 12.1. The molecule has 1 N–H and O–H groups in total. The molecule has 0 aromatic heterocycles. The summed E-state index contributed by atoms with van der Waals surface area (Å²) in [5, 5.41) is 3.33. The smallest absolute Gasteiger partial charge is 0.251 e. The molecule has 0 radical (unpaired) electrons. The number of carbonyl (C=O) groups excluding carboxylic acids is 1. The Morgan fingerprint density at radius 1 is 1.32 bits per heavy atom. The molecule has 0 bridgehead atoms. The quantitative estimate of drug-likeness (QED) is 0.837. The minimum atomic E-state index is 0.0276. The highest BCUT2D eigenvalue weighted by Gasteiger charge is 2.20. The van der Waals surface area contributed by atoms with Crippen molar-refractivity contribution in [1.29, 1.82) is 0 Å². The lowest BCUT2D eigenvalue weighted by atomic mass is 9.89. The molecule has 19 heavy (non-hydrogen) atoms. The van der Waals surface area contributed by atoms with Gasteiger partial charge in [0.1, 0.15) is 0 Å². The van der Waals surface area contributed by atoms with Crippen molar-refractivity contribution in [1.82, 2.24) is 5.32 Å². The molecule has 1 aromatic rings. The van der Waals surface area contributed by atoms with Crippen LogP contribution >= 0.6 is 11.6 Å². The van der Waals surface area contributed by atoms with Crippen LogP contribution in [-0.4, -0.2) is 17.8 Å². The van der Waals surface area contributed by atoms with Gasteiger partial charge in [0.25, 0.3) is 5.91 Å². The van der Waals surface area contributed by atoms with E-state index in [0.29, 0.717) is 5.92 Å². The van der Waals surface area contributed by atoms with E-state index in [1.807, 2.05) is 25.1 Å². The predicted octanol–water partition coefficient (Wildman–Crippen LogP) is 3.83. The van der Waals surface area contributed by atoms with Gasteiger partial charge in [-0.2, -0.15) is 0 Å². The molecule has 1 aliphatic carbocycles. The summed E-state index contributed by atoms with van der Waals surface area (Å²) >= 11 is 6.17. The Bertz CT molecular complexity index is 458. The molecule has 1 amide bonds. The molecule has 1 fully saturated rings. The van der Waals surface area contributed by atoms with Gasteiger partial charge in [0.05, 0.1) is 0 Å². The normalized spacial score (nSPS) is 23.1. The van der Waals surface area contributed by atoms with Crippen molar-refractivity contribution in [2.45, 2.75) is 44.9 Å². The van der Waals surface area contributed by atoms with E-state index in [0.717, 1.165) is 30.5 Å². The van der Waals surface area contributed by atoms with Crippen LogP contribution in [0.5, 0.6) is 0 Å². The maximum Gasteiger partial charge on any atom is 0.251 e. The summed E-state index contributed by atoms with van der Waals surface area (Å²) in [5.74, 6) is 0.562. The van der Waals surface area contributed by atoms with Gasteiger partial charge in [0, 0.05) is 17.5 Å². The number of carbonyl (C=O) groups is 1. The number of nitrogens with one attached hydrogen (secondary N) is 1. The summed E-state index contributed by atoms with van der Waals surface area (Å²) in [7, 11) is 0. The lowest BCUT2D eigenvalue weighted by molar-refractivity contribution is 0.0943. The molecule has 0 heterocycles. The predicted molar refractivity (Wildman–Crippen MR) is 79.8 cm³/mol. The van der Waals surface area contributed by atoms with Gasteiger partial charge in [0.15, 0.2) is 0 Å². The zero-order chi connectivity index (χ0) is 13.8. The second-order valence-corrected chi connectivity index (χ2v) is 6.26. The summed E-state index contributed by atoms with van der Waals surface area (Å²) in [6.45, 7) is 4.83. The minimum Gasteiger partial charge on any atom is -0.352 e. The SMILES string of the molecule is Cc1ccc(C(=O)NCC2CCCC(Cl)C2)cc1C. The summed E-state index contributed by atoms with van der Waals surface area (Å²) in [5.41, 5.74) is 3.13. The van der Waals surface area contributed by atoms with Crippen LogP contribution in [0, 0.1) is 19.8 Å². The van der Waals surface area contributed by atoms with Gasteiger partial charge in [-0.05, 0) is 62.3 Å². The van der Waals surface area contributed by atoms with Crippen molar-refractivity contribution in [3.8, 4) is 0 Å². The fraction of sp³-hybridized carbons (Fsp3) is 0.562. The summed E-state index contributed by atoms with van der Waals surface area (Å²) in [4.78, 5) is 12.1. The fourth-order valence-electron chi connectivity index (χ4n) is 2.63. The van der Waals surface area contributed by atoms with Gasteiger partial charge in [-0.1, -0.05) is 12.5 Å². The van der Waals surface area contributed by atoms with E-state index in [2.05, 4.69) is 12.2 Å². The molecule has 3 heteroatoms. The Morgan fingerprint density at radius 2 is 2.11 bits per heavy atom. The molecule has 0 aliphatic heterocycles. The Hall–Kier alpha value is -1.02. The number of hydrogen-bond acceptors (Lipinski definition) is 1. The molecule has 1 saturated carbocycles. The Labute approximate surface area is 120 Å². The average Bonchev–Trinajstić information content (AvgIpc) is 2.39. The van der Waals surface area contributed by atoms with Crippen LogP contribution in [0.25, 0.3) is 0 Å². The molecule has 0 saturated heterocycles. The van der Waals surface area contributed by atoms with Crippen molar-refractivity contribution in [3.63, 3.8) is 0 Å². The fourth-order valence-corrected chi connectivity index (χ4v) is 3.04. The lowest BCUT2D eigenvalue weighted by Crippen LogP contribution is -2.32. The maximum absolute atomic E-state index is 12.1. The van der Waals surface area contributed by atoms with Crippen molar-refractivity contribution in [3.05, 3.63) is 34.9 Å². The standard InChI is InChI=1S/C16H22ClNO/c1-11-6-7-14(8-12(11)2)16(19)18-10-13-4-3-5-15(17)9-13/h6-8,13,15H,3-5,9-10H2,1-2H3,(H,18,19). The van der Waals surface area contributed by atoms with E-state index in [1.54, 1.807) is 0 Å². The first-order valence-electron chi connectivity index (χ1n) is 7.06. The third-order valence-electron chi connectivity index (χ3n) is 4.04. The molecule has 104 valence electrons. The molecule has 2 nitrogen and oxygen atoms in total. The molecule has 2 unspecified atom stereocenters. The van der Waals surface area contributed by atoms with Gasteiger partial charge in [-0.3, -0.25) is 4.79 Å². The number of benzene rings is 1. The largest absolute Gasteiger partial charge is 0.352 e. The topological polar surface area (TPSA) is 29.1 Å². The van der Waals surface area contributed by atoms with E-state index in [-0.39, 0.29) is 11.3 Å². The summed E-state index contributed by atoms with van der Waals surface area (Å²) < 4.78 is 0. The first-order valence-corrected chi connectivity index (χ1v) is 7.49. The van der Waals surface area contributed by atoms with Crippen LogP contribution < -0.4 is 5.32 Å². The Balaban J connectivity index is 1.88. The van der Waals surface area contributed by atoms with Crippen molar-refractivity contribution < 1.29 is 4.79 Å². The second-order valence-electron chi connectivity index (χ2n) is 5.64. The molecular formula is C16H22ClNO. The number of alkyl halides is 1. The summed E-state index contributed by atoms with van der Waals surface area (Å²) in [6, 6.07) is 5.85. The number of amides is 1. The molecule has 0 spiro atoms. The second kappa shape index (κ2) is 6.42. The number of aryl methyl sites for hydroxylation is 2. The number of halogens is 1. The van der Waals surface area contributed by atoms with Crippen LogP contribution in [0.3, 0.4) is 0 Å². The lowest BCUT2D eigenvalue weighted by Gasteiger charge is -2.25. The van der Waals surface area contributed by atoms with Crippen molar-refractivity contribution >= 4 is 17.5 Å². The number of rotatable bonds is 3.